The van der Waals surface area contributed by atoms with Crippen molar-refractivity contribution in [2.75, 3.05) is 11.4 Å². The Labute approximate surface area is 181 Å². The second kappa shape index (κ2) is 7.28. The quantitative estimate of drug-likeness (QED) is 0.453. The van der Waals surface area contributed by atoms with Gasteiger partial charge in [-0.1, -0.05) is 35.3 Å². The van der Waals surface area contributed by atoms with E-state index in [-0.39, 0.29) is 11.1 Å². The molecule has 5 rings (SSSR count). The summed E-state index contributed by atoms with van der Waals surface area (Å²) in [5.74, 6) is 0.0813. The second-order valence-corrected chi connectivity index (χ2v) is 7.95. The van der Waals surface area contributed by atoms with Gasteiger partial charge in [-0.3, -0.25) is 0 Å². The van der Waals surface area contributed by atoms with E-state index < -0.39 is 5.82 Å². The van der Waals surface area contributed by atoms with Crippen LogP contribution in [0.4, 0.5) is 10.3 Å². The molecule has 0 saturated carbocycles. The number of anilines is 1. The molecule has 0 saturated heterocycles. The molecular weight excluding hydrogens is 424 g/mol. The Bertz CT molecular complexity index is 1290. The largest absolute Gasteiger partial charge is 0.356 e. The number of H-pyrrole nitrogens is 1. The number of fused-ring (bicyclic) bond motifs is 3. The van der Waals surface area contributed by atoms with Gasteiger partial charge in [0.05, 0.1) is 40.1 Å². The lowest BCUT2D eigenvalue weighted by molar-refractivity contribution is 0.626. The Balaban J connectivity index is 1.71. The molecule has 8 heteroatoms. The number of nitrogens with zero attached hydrogens (tertiary/aromatic N) is 4. The zero-order valence-electron chi connectivity index (χ0n) is 15.5. The van der Waals surface area contributed by atoms with Gasteiger partial charge in [0, 0.05) is 23.1 Å². The van der Waals surface area contributed by atoms with Crippen molar-refractivity contribution in [2.45, 2.75) is 12.5 Å². The SMILES string of the molecule is N#Cc1ccc(C2c3[nH]c4cc(F)c(Cl)cc4c3CCN2c2ncc(Cl)cn2)cc1. The normalized spacial score (nSPS) is 15.8. The summed E-state index contributed by atoms with van der Waals surface area (Å²) < 4.78 is 14.1. The van der Waals surface area contributed by atoms with Crippen LogP contribution in [0.25, 0.3) is 10.9 Å². The molecule has 1 N–H and O–H groups in total. The molecule has 30 heavy (non-hydrogen) atoms. The predicted molar refractivity (Wildman–Crippen MR) is 114 cm³/mol. The first kappa shape index (κ1) is 18.9. The summed E-state index contributed by atoms with van der Waals surface area (Å²) in [5, 5.41) is 10.6. The van der Waals surface area contributed by atoms with Crippen molar-refractivity contribution in [3.8, 4) is 6.07 Å². The van der Waals surface area contributed by atoms with E-state index >= 15 is 0 Å². The van der Waals surface area contributed by atoms with Crippen LogP contribution in [0, 0.1) is 17.1 Å². The number of nitriles is 1. The van der Waals surface area contributed by atoms with Crippen molar-refractivity contribution < 1.29 is 4.39 Å². The van der Waals surface area contributed by atoms with Gasteiger partial charge in [0.1, 0.15) is 5.82 Å². The molecule has 0 aliphatic carbocycles. The average Bonchev–Trinajstić information content (AvgIpc) is 3.11. The van der Waals surface area contributed by atoms with E-state index in [1.807, 2.05) is 12.1 Å². The number of benzene rings is 2. The summed E-state index contributed by atoms with van der Waals surface area (Å²) in [7, 11) is 0. The van der Waals surface area contributed by atoms with Gasteiger partial charge in [0.2, 0.25) is 5.95 Å². The van der Waals surface area contributed by atoms with Crippen molar-refractivity contribution in [3.63, 3.8) is 0 Å². The molecule has 0 bridgehead atoms. The number of nitrogens with one attached hydrogen (secondary N) is 1. The van der Waals surface area contributed by atoms with Crippen LogP contribution in [-0.2, 0) is 6.42 Å². The van der Waals surface area contributed by atoms with Gasteiger partial charge < -0.3 is 9.88 Å². The monoisotopic (exact) mass is 437 g/mol. The standard InChI is InChI=1S/C22H14Cl2FN5/c23-14-10-27-22(28-11-14)30-6-5-15-16-7-17(24)18(25)8-19(16)29-20(15)21(30)13-3-1-12(9-26)2-4-13/h1-4,7-8,10-11,21,29H,5-6H2. The van der Waals surface area contributed by atoms with Crippen molar-refractivity contribution >= 4 is 40.1 Å². The summed E-state index contributed by atoms with van der Waals surface area (Å²) in [6.45, 7) is 0.654. The highest BCUT2D eigenvalue weighted by molar-refractivity contribution is 6.31. The van der Waals surface area contributed by atoms with Crippen LogP contribution in [0.1, 0.15) is 28.4 Å². The highest BCUT2D eigenvalue weighted by atomic mass is 35.5. The van der Waals surface area contributed by atoms with E-state index in [2.05, 4.69) is 25.9 Å². The molecule has 1 aliphatic rings. The first-order valence-electron chi connectivity index (χ1n) is 9.29. The van der Waals surface area contributed by atoms with Crippen LogP contribution < -0.4 is 4.90 Å². The fourth-order valence-electron chi connectivity index (χ4n) is 4.04. The van der Waals surface area contributed by atoms with Crippen molar-refractivity contribution in [3.05, 3.63) is 87.0 Å². The first-order chi connectivity index (χ1) is 14.5. The number of aromatic nitrogens is 3. The van der Waals surface area contributed by atoms with E-state index in [1.54, 1.807) is 30.6 Å². The van der Waals surface area contributed by atoms with Gasteiger partial charge in [-0.2, -0.15) is 5.26 Å². The van der Waals surface area contributed by atoms with Gasteiger partial charge in [0.15, 0.2) is 0 Å². The zero-order chi connectivity index (χ0) is 20.8. The summed E-state index contributed by atoms with van der Waals surface area (Å²) >= 11 is 12.0. The third kappa shape index (κ3) is 3.07. The van der Waals surface area contributed by atoms with Gasteiger partial charge >= 0.3 is 0 Å². The molecule has 5 nitrogen and oxygen atoms in total. The van der Waals surface area contributed by atoms with E-state index in [1.165, 1.54) is 6.07 Å². The Kier molecular flexibility index (Phi) is 4.58. The second-order valence-electron chi connectivity index (χ2n) is 7.11. The highest BCUT2D eigenvalue weighted by Crippen LogP contribution is 2.40. The molecule has 0 amide bonds. The van der Waals surface area contributed by atoms with E-state index in [0.717, 1.165) is 28.6 Å². The Morgan fingerprint density at radius 2 is 1.87 bits per heavy atom. The smallest absolute Gasteiger partial charge is 0.226 e. The number of aromatic amines is 1. The number of halogens is 3. The molecule has 1 aliphatic heterocycles. The third-order valence-electron chi connectivity index (χ3n) is 5.39. The molecule has 3 heterocycles. The van der Waals surface area contributed by atoms with Crippen molar-refractivity contribution in [1.82, 2.24) is 15.0 Å². The molecule has 0 spiro atoms. The van der Waals surface area contributed by atoms with Crippen LogP contribution in [0.15, 0.2) is 48.8 Å². The van der Waals surface area contributed by atoms with Gasteiger partial charge in [0.25, 0.3) is 0 Å². The summed E-state index contributed by atoms with van der Waals surface area (Å²) in [6.07, 6.45) is 3.85. The minimum absolute atomic E-state index is 0.0997. The fraction of sp³-hybridized carbons (Fsp3) is 0.136. The van der Waals surface area contributed by atoms with Crippen molar-refractivity contribution in [1.29, 1.82) is 5.26 Å². The van der Waals surface area contributed by atoms with Crippen molar-refractivity contribution in [2.24, 2.45) is 0 Å². The maximum absolute atomic E-state index is 14.1. The topological polar surface area (TPSA) is 68.6 Å². The summed E-state index contributed by atoms with van der Waals surface area (Å²) in [6, 6.07) is 12.4. The van der Waals surface area contributed by atoms with Crippen LogP contribution in [-0.4, -0.2) is 21.5 Å². The summed E-state index contributed by atoms with van der Waals surface area (Å²) in [4.78, 5) is 14.3. The molecule has 2 aromatic heterocycles. The van der Waals surface area contributed by atoms with Gasteiger partial charge in [-0.15, -0.1) is 0 Å². The molecule has 4 aromatic rings. The molecule has 1 atom stereocenters. The third-order valence-corrected chi connectivity index (χ3v) is 5.87. The molecule has 1 unspecified atom stereocenters. The minimum Gasteiger partial charge on any atom is -0.356 e. The molecule has 2 aromatic carbocycles. The van der Waals surface area contributed by atoms with Gasteiger partial charge in [-0.05, 0) is 41.8 Å². The summed E-state index contributed by atoms with van der Waals surface area (Å²) in [5.41, 5.74) is 4.26. The number of hydrogen-bond donors (Lipinski definition) is 1. The van der Waals surface area contributed by atoms with Crippen LogP contribution in [0.3, 0.4) is 0 Å². The minimum atomic E-state index is -0.462. The van der Waals surface area contributed by atoms with Crippen LogP contribution in [0.2, 0.25) is 10.0 Å². The fourth-order valence-corrected chi connectivity index (χ4v) is 4.30. The Hall–Kier alpha value is -3.14. The Morgan fingerprint density at radius 1 is 1.13 bits per heavy atom. The maximum atomic E-state index is 14.1. The molecule has 148 valence electrons. The average molecular weight is 438 g/mol. The lowest BCUT2D eigenvalue weighted by Crippen LogP contribution is -2.37. The van der Waals surface area contributed by atoms with E-state index in [4.69, 9.17) is 28.5 Å². The van der Waals surface area contributed by atoms with Crippen LogP contribution in [0.5, 0.6) is 0 Å². The van der Waals surface area contributed by atoms with Crippen LogP contribution >= 0.6 is 23.2 Å². The number of rotatable bonds is 2. The predicted octanol–water partition coefficient (Wildman–Crippen LogP) is 5.43. The maximum Gasteiger partial charge on any atom is 0.226 e. The molecule has 0 radical (unpaired) electrons. The lowest BCUT2D eigenvalue weighted by atomic mass is 9.92. The first-order valence-corrected chi connectivity index (χ1v) is 10.0. The van der Waals surface area contributed by atoms with E-state index in [0.29, 0.717) is 28.6 Å². The highest BCUT2D eigenvalue weighted by Gasteiger charge is 2.33. The lowest BCUT2D eigenvalue weighted by Gasteiger charge is -2.36. The molecule has 0 fully saturated rings. The molecular formula is C22H14Cl2FN5. The zero-order valence-corrected chi connectivity index (χ0v) is 17.0. The van der Waals surface area contributed by atoms with E-state index in [9.17, 15) is 4.39 Å². The van der Waals surface area contributed by atoms with Gasteiger partial charge in [-0.25, -0.2) is 14.4 Å². The number of hydrogen-bond acceptors (Lipinski definition) is 4. The Morgan fingerprint density at radius 3 is 2.57 bits per heavy atom.